The van der Waals surface area contributed by atoms with E-state index in [1.165, 1.54) is 5.56 Å². The van der Waals surface area contributed by atoms with Gasteiger partial charge < -0.3 is 15.8 Å². The third kappa shape index (κ3) is 4.05. The van der Waals surface area contributed by atoms with Crippen LogP contribution in [0.15, 0.2) is 54.6 Å². The Kier molecular flexibility index (Phi) is 5.52. The van der Waals surface area contributed by atoms with Gasteiger partial charge in [-0.05, 0) is 23.6 Å². The number of hydrogen-bond acceptors (Lipinski definition) is 6. The summed E-state index contributed by atoms with van der Waals surface area (Å²) >= 11 is 0. The highest BCUT2D eigenvalue weighted by atomic mass is 16.5. The maximum atomic E-state index is 6.27. The van der Waals surface area contributed by atoms with Crippen LogP contribution in [-0.4, -0.2) is 32.9 Å². The van der Waals surface area contributed by atoms with E-state index in [2.05, 4.69) is 53.5 Å². The average Bonchev–Trinajstić information content (AvgIpc) is 3.05. The van der Waals surface area contributed by atoms with E-state index in [1.807, 2.05) is 37.4 Å². The Bertz CT molecular complexity index is 1140. The number of nitrogens with zero attached hydrogens (tertiary/aromatic N) is 4. The number of anilines is 2. The van der Waals surface area contributed by atoms with Gasteiger partial charge in [-0.1, -0.05) is 56.3 Å². The van der Waals surface area contributed by atoms with Crippen molar-refractivity contribution < 1.29 is 4.74 Å². The fourth-order valence-electron chi connectivity index (χ4n) is 3.28. The lowest BCUT2D eigenvalue weighted by Gasteiger charge is -2.11. The molecule has 4 rings (SSSR count). The normalized spacial score (nSPS) is 11.2. The molecule has 3 N–H and O–H groups in total. The van der Waals surface area contributed by atoms with Crippen molar-refractivity contribution in [1.29, 1.82) is 0 Å². The second kappa shape index (κ2) is 8.41. The van der Waals surface area contributed by atoms with E-state index >= 15 is 0 Å². The van der Waals surface area contributed by atoms with Crippen LogP contribution in [0.1, 0.15) is 25.3 Å². The molecule has 154 valence electrons. The predicted molar refractivity (Wildman–Crippen MR) is 121 cm³/mol. The Morgan fingerprint density at radius 3 is 2.47 bits per heavy atom. The highest BCUT2D eigenvalue weighted by Gasteiger charge is 2.17. The van der Waals surface area contributed by atoms with Crippen LogP contribution >= 0.6 is 0 Å². The number of para-hydroxylation sites is 1. The molecule has 0 saturated heterocycles. The van der Waals surface area contributed by atoms with Gasteiger partial charge in [0, 0.05) is 12.6 Å². The summed E-state index contributed by atoms with van der Waals surface area (Å²) in [7, 11) is 1.81. The van der Waals surface area contributed by atoms with Crippen molar-refractivity contribution in [3.63, 3.8) is 0 Å². The van der Waals surface area contributed by atoms with E-state index in [0.29, 0.717) is 36.5 Å². The first-order valence-electron chi connectivity index (χ1n) is 10.0. The summed E-state index contributed by atoms with van der Waals surface area (Å²) in [5.74, 6) is 2.35. The molecular weight excluding hydrogens is 376 g/mol. The van der Waals surface area contributed by atoms with Gasteiger partial charge in [-0.2, -0.15) is 10.1 Å². The summed E-state index contributed by atoms with van der Waals surface area (Å²) in [6.07, 6.45) is 0. The Labute approximate surface area is 175 Å². The lowest BCUT2D eigenvalue weighted by molar-refractivity contribution is 0.332. The molecule has 2 aromatic heterocycles. The lowest BCUT2D eigenvalue weighted by atomic mass is 10.00. The van der Waals surface area contributed by atoms with Crippen LogP contribution in [-0.2, 0) is 7.05 Å². The zero-order valence-corrected chi connectivity index (χ0v) is 17.5. The van der Waals surface area contributed by atoms with Crippen molar-refractivity contribution in [2.24, 2.45) is 7.05 Å². The molecule has 0 bridgehead atoms. The fourth-order valence-corrected chi connectivity index (χ4v) is 3.28. The standard InChI is InChI=1S/C23H26N6O/c1-15(2)16-9-11-17(12-10-16)20-19-21(24)29(3)28-22(19)27-23(26-20)25-13-14-30-18-7-5-4-6-8-18/h4-12,15H,13-14,24H2,1-3H3,(H,25,27,28). The predicted octanol–water partition coefficient (Wildman–Crippen LogP) is 4.23. The number of aryl methyl sites for hydroxylation is 1. The van der Waals surface area contributed by atoms with Crippen LogP contribution < -0.4 is 15.8 Å². The SMILES string of the molecule is CC(C)c1ccc(-c2nc(NCCOc3ccccc3)nc3nn(C)c(N)c23)cc1. The van der Waals surface area contributed by atoms with Gasteiger partial charge in [0.2, 0.25) is 5.95 Å². The molecule has 2 aromatic carbocycles. The Morgan fingerprint density at radius 1 is 1.03 bits per heavy atom. The van der Waals surface area contributed by atoms with E-state index in [9.17, 15) is 0 Å². The molecule has 0 aliphatic heterocycles. The van der Waals surface area contributed by atoms with E-state index in [0.717, 1.165) is 22.4 Å². The molecule has 0 radical (unpaired) electrons. The topological polar surface area (TPSA) is 90.9 Å². The number of nitrogens with one attached hydrogen (secondary N) is 1. The number of aromatic nitrogens is 4. The Balaban J connectivity index is 1.60. The Morgan fingerprint density at radius 2 is 1.77 bits per heavy atom. The van der Waals surface area contributed by atoms with Crippen LogP contribution in [0.4, 0.5) is 11.8 Å². The fraction of sp³-hybridized carbons (Fsp3) is 0.261. The zero-order valence-electron chi connectivity index (χ0n) is 17.5. The monoisotopic (exact) mass is 402 g/mol. The highest BCUT2D eigenvalue weighted by Crippen LogP contribution is 2.31. The van der Waals surface area contributed by atoms with Gasteiger partial charge in [-0.3, -0.25) is 4.68 Å². The van der Waals surface area contributed by atoms with Crippen LogP contribution in [0.25, 0.3) is 22.3 Å². The zero-order chi connectivity index (χ0) is 21.1. The second-order valence-corrected chi connectivity index (χ2v) is 7.47. The van der Waals surface area contributed by atoms with Crippen LogP contribution in [0.3, 0.4) is 0 Å². The van der Waals surface area contributed by atoms with Gasteiger partial charge in [0.15, 0.2) is 5.65 Å². The van der Waals surface area contributed by atoms with E-state index in [4.69, 9.17) is 15.5 Å². The number of hydrogen-bond donors (Lipinski definition) is 2. The molecule has 7 nitrogen and oxygen atoms in total. The number of benzene rings is 2. The van der Waals surface area contributed by atoms with Gasteiger partial charge in [0.05, 0.1) is 17.6 Å². The first-order chi connectivity index (χ1) is 14.5. The number of nitrogens with two attached hydrogens (primary N) is 1. The number of fused-ring (bicyclic) bond motifs is 1. The van der Waals surface area contributed by atoms with Crippen LogP contribution in [0.5, 0.6) is 5.75 Å². The van der Waals surface area contributed by atoms with Gasteiger partial charge in [0.1, 0.15) is 18.2 Å². The third-order valence-corrected chi connectivity index (χ3v) is 4.99. The first kappa shape index (κ1) is 19.7. The van der Waals surface area contributed by atoms with Crippen molar-refractivity contribution in [3.8, 4) is 17.0 Å². The van der Waals surface area contributed by atoms with Crippen LogP contribution in [0.2, 0.25) is 0 Å². The first-order valence-corrected chi connectivity index (χ1v) is 10.0. The van der Waals surface area contributed by atoms with Gasteiger partial charge in [-0.25, -0.2) is 4.98 Å². The summed E-state index contributed by atoms with van der Waals surface area (Å²) in [5, 5.41) is 8.45. The van der Waals surface area contributed by atoms with Crippen molar-refractivity contribution in [1.82, 2.24) is 19.7 Å². The number of ether oxygens (including phenoxy) is 1. The summed E-state index contributed by atoms with van der Waals surface area (Å²) in [5.41, 5.74) is 9.87. The molecule has 0 fully saturated rings. The van der Waals surface area contributed by atoms with Crippen LogP contribution in [0, 0.1) is 0 Å². The number of rotatable bonds is 7. The molecule has 0 amide bonds. The molecular formula is C23H26N6O. The molecule has 30 heavy (non-hydrogen) atoms. The molecule has 0 atom stereocenters. The van der Waals surface area contributed by atoms with Gasteiger partial charge in [-0.15, -0.1) is 0 Å². The molecule has 7 heteroatoms. The summed E-state index contributed by atoms with van der Waals surface area (Å²) in [6, 6.07) is 18.1. The van der Waals surface area contributed by atoms with E-state index in [1.54, 1.807) is 4.68 Å². The maximum Gasteiger partial charge on any atom is 0.225 e. The van der Waals surface area contributed by atoms with Crippen molar-refractivity contribution in [2.75, 3.05) is 24.2 Å². The third-order valence-electron chi connectivity index (χ3n) is 4.99. The smallest absolute Gasteiger partial charge is 0.225 e. The largest absolute Gasteiger partial charge is 0.492 e. The molecule has 0 aliphatic carbocycles. The minimum absolute atomic E-state index is 0.467. The minimum Gasteiger partial charge on any atom is -0.492 e. The maximum absolute atomic E-state index is 6.27. The van der Waals surface area contributed by atoms with Crippen molar-refractivity contribution in [2.45, 2.75) is 19.8 Å². The second-order valence-electron chi connectivity index (χ2n) is 7.47. The van der Waals surface area contributed by atoms with Gasteiger partial charge >= 0.3 is 0 Å². The van der Waals surface area contributed by atoms with Crippen molar-refractivity contribution >= 4 is 22.8 Å². The summed E-state index contributed by atoms with van der Waals surface area (Å²) in [6.45, 7) is 5.41. The molecule has 4 aromatic rings. The Hall–Kier alpha value is -3.61. The average molecular weight is 403 g/mol. The van der Waals surface area contributed by atoms with Gasteiger partial charge in [0.25, 0.3) is 0 Å². The van der Waals surface area contributed by atoms with E-state index in [-0.39, 0.29) is 0 Å². The molecule has 0 aliphatic rings. The van der Waals surface area contributed by atoms with E-state index < -0.39 is 0 Å². The summed E-state index contributed by atoms with van der Waals surface area (Å²) < 4.78 is 7.36. The number of nitrogen functional groups attached to an aromatic ring is 1. The molecule has 0 unspecified atom stereocenters. The quantitative estimate of drug-likeness (QED) is 0.450. The van der Waals surface area contributed by atoms with Crippen molar-refractivity contribution in [3.05, 3.63) is 60.2 Å². The minimum atomic E-state index is 0.467. The lowest BCUT2D eigenvalue weighted by Crippen LogP contribution is -2.13. The summed E-state index contributed by atoms with van der Waals surface area (Å²) in [4.78, 5) is 9.30. The highest BCUT2D eigenvalue weighted by molar-refractivity contribution is 5.98. The molecule has 0 saturated carbocycles. The molecule has 2 heterocycles. The molecule has 0 spiro atoms.